The topological polar surface area (TPSA) is 68.8 Å². The summed E-state index contributed by atoms with van der Waals surface area (Å²) in [4.78, 5) is 8.65. The summed E-state index contributed by atoms with van der Waals surface area (Å²) in [6, 6.07) is 7.95. The van der Waals surface area contributed by atoms with Gasteiger partial charge >= 0.3 is 0 Å². The zero-order valence-electron chi connectivity index (χ0n) is 10.6. The molecule has 0 saturated heterocycles. The molecule has 3 rings (SSSR count). The van der Waals surface area contributed by atoms with E-state index >= 15 is 0 Å². The number of aryl methyl sites for hydroxylation is 1. The minimum absolute atomic E-state index is 0.167. The molecule has 3 aromatic rings. The molecule has 1 unspecified atom stereocenters. The Morgan fingerprint density at radius 3 is 2.84 bits per heavy atom. The molecule has 5 heteroatoms. The van der Waals surface area contributed by atoms with Gasteiger partial charge in [0.05, 0.1) is 18.1 Å². The number of benzene rings is 1. The van der Waals surface area contributed by atoms with E-state index in [1.54, 1.807) is 6.33 Å². The maximum atomic E-state index is 5.71. The van der Waals surface area contributed by atoms with E-state index in [2.05, 4.69) is 21.5 Å². The van der Waals surface area contributed by atoms with Crippen molar-refractivity contribution in [3.8, 4) is 0 Å². The van der Waals surface area contributed by atoms with E-state index in [1.165, 1.54) is 0 Å². The van der Waals surface area contributed by atoms with Crippen molar-refractivity contribution in [2.45, 2.75) is 6.04 Å². The van der Waals surface area contributed by atoms with E-state index in [4.69, 9.17) is 5.84 Å². The number of hydrogen-bond acceptors (Lipinski definition) is 4. The van der Waals surface area contributed by atoms with Crippen molar-refractivity contribution in [2.24, 2.45) is 12.9 Å². The first-order chi connectivity index (χ1) is 9.29. The third-order valence-electron chi connectivity index (χ3n) is 3.20. The van der Waals surface area contributed by atoms with Gasteiger partial charge in [-0.15, -0.1) is 0 Å². The highest BCUT2D eigenvalue weighted by Gasteiger charge is 2.17. The van der Waals surface area contributed by atoms with Crippen LogP contribution in [0.15, 0.2) is 49.2 Å². The minimum atomic E-state index is -0.167. The van der Waals surface area contributed by atoms with Gasteiger partial charge in [-0.3, -0.25) is 10.8 Å². The predicted molar refractivity (Wildman–Crippen MR) is 74.1 cm³/mol. The van der Waals surface area contributed by atoms with Crippen LogP contribution in [-0.2, 0) is 7.05 Å². The zero-order chi connectivity index (χ0) is 13.2. The highest BCUT2D eigenvalue weighted by atomic mass is 15.2. The lowest BCUT2D eigenvalue weighted by atomic mass is 10.0. The molecular formula is C14H15N5. The molecule has 0 amide bonds. The lowest BCUT2D eigenvalue weighted by molar-refractivity contribution is 0.625. The number of fused-ring (bicyclic) bond motifs is 1. The van der Waals surface area contributed by atoms with Crippen molar-refractivity contribution in [3.63, 3.8) is 0 Å². The van der Waals surface area contributed by atoms with Crippen LogP contribution in [0, 0.1) is 0 Å². The lowest BCUT2D eigenvalue weighted by Crippen LogP contribution is -2.29. The summed E-state index contributed by atoms with van der Waals surface area (Å²) in [6.07, 6.45) is 7.40. The van der Waals surface area contributed by atoms with Crippen molar-refractivity contribution in [3.05, 3.63) is 60.4 Å². The summed E-state index contributed by atoms with van der Waals surface area (Å²) < 4.78 is 1.90. The summed E-state index contributed by atoms with van der Waals surface area (Å²) >= 11 is 0. The van der Waals surface area contributed by atoms with Crippen LogP contribution in [0.4, 0.5) is 0 Å². The molecule has 2 aromatic heterocycles. The molecule has 0 aliphatic rings. The van der Waals surface area contributed by atoms with Crippen LogP contribution in [0.3, 0.4) is 0 Å². The van der Waals surface area contributed by atoms with Gasteiger partial charge in [-0.25, -0.2) is 10.4 Å². The minimum Gasteiger partial charge on any atom is -0.340 e. The Labute approximate surface area is 111 Å². The van der Waals surface area contributed by atoms with Gasteiger partial charge in [0.25, 0.3) is 0 Å². The number of hydrazine groups is 1. The van der Waals surface area contributed by atoms with Crippen molar-refractivity contribution in [1.29, 1.82) is 0 Å². The number of hydrogen-bond donors (Lipinski definition) is 2. The smallest absolute Gasteiger partial charge is 0.0947 e. The van der Waals surface area contributed by atoms with Crippen LogP contribution in [0.1, 0.15) is 17.3 Å². The monoisotopic (exact) mass is 253 g/mol. The number of imidazole rings is 1. The Morgan fingerprint density at radius 1 is 1.26 bits per heavy atom. The van der Waals surface area contributed by atoms with Crippen molar-refractivity contribution in [2.75, 3.05) is 0 Å². The average Bonchev–Trinajstić information content (AvgIpc) is 2.86. The number of aromatic nitrogens is 3. The molecule has 1 aromatic carbocycles. The fraction of sp³-hybridized carbons (Fsp3) is 0.143. The van der Waals surface area contributed by atoms with E-state index in [9.17, 15) is 0 Å². The number of nitrogens with zero attached hydrogens (tertiary/aromatic N) is 3. The summed E-state index contributed by atoms with van der Waals surface area (Å²) in [5.74, 6) is 5.71. The summed E-state index contributed by atoms with van der Waals surface area (Å²) in [7, 11) is 1.94. The lowest BCUT2D eigenvalue weighted by Gasteiger charge is -2.15. The van der Waals surface area contributed by atoms with Gasteiger partial charge in [-0.2, -0.15) is 0 Å². The van der Waals surface area contributed by atoms with Gasteiger partial charge in [-0.05, 0) is 5.39 Å². The third-order valence-corrected chi connectivity index (χ3v) is 3.20. The Bertz CT molecular complexity index is 698. The standard InChI is InChI=1S/C14H15N5/c1-19-8-13(17-9-19)14(18-15)12-7-16-6-10-4-2-3-5-11(10)12/h2-9,14,18H,15H2,1H3. The predicted octanol–water partition coefficient (Wildman–Crippen LogP) is 1.52. The van der Waals surface area contributed by atoms with E-state index in [-0.39, 0.29) is 6.04 Å². The molecule has 0 fully saturated rings. The Kier molecular flexibility index (Phi) is 2.98. The highest BCUT2D eigenvalue weighted by Crippen LogP contribution is 2.26. The molecule has 3 N–H and O–H groups in total. The second kappa shape index (κ2) is 4.79. The highest BCUT2D eigenvalue weighted by molar-refractivity contribution is 5.85. The molecule has 0 aliphatic carbocycles. The fourth-order valence-electron chi connectivity index (χ4n) is 2.29. The van der Waals surface area contributed by atoms with Gasteiger partial charge in [0.2, 0.25) is 0 Å². The maximum Gasteiger partial charge on any atom is 0.0947 e. The quantitative estimate of drug-likeness (QED) is 0.548. The zero-order valence-corrected chi connectivity index (χ0v) is 10.6. The first kappa shape index (κ1) is 11.8. The largest absolute Gasteiger partial charge is 0.340 e. The third kappa shape index (κ3) is 2.09. The fourth-order valence-corrected chi connectivity index (χ4v) is 2.29. The summed E-state index contributed by atoms with van der Waals surface area (Å²) in [5, 5.41) is 2.22. The molecule has 0 radical (unpaired) electrons. The van der Waals surface area contributed by atoms with Gasteiger partial charge in [0.1, 0.15) is 0 Å². The van der Waals surface area contributed by atoms with Gasteiger partial charge in [-0.1, -0.05) is 24.3 Å². The molecule has 19 heavy (non-hydrogen) atoms. The molecule has 0 bridgehead atoms. The van der Waals surface area contributed by atoms with E-state index < -0.39 is 0 Å². The van der Waals surface area contributed by atoms with Crippen LogP contribution in [0.25, 0.3) is 10.8 Å². The van der Waals surface area contributed by atoms with Crippen molar-refractivity contribution >= 4 is 10.8 Å². The van der Waals surface area contributed by atoms with Gasteiger partial charge in [0, 0.05) is 36.6 Å². The SMILES string of the molecule is Cn1cnc(C(NN)c2cncc3ccccc23)c1. The molecule has 5 nitrogen and oxygen atoms in total. The van der Waals surface area contributed by atoms with E-state index in [0.29, 0.717) is 0 Å². The van der Waals surface area contributed by atoms with Gasteiger partial charge in [0.15, 0.2) is 0 Å². The Morgan fingerprint density at radius 2 is 2.11 bits per heavy atom. The molecule has 2 heterocycles. The van der Waals surface area contributed by atoms with Crippen molar-refractivity contribution in [1.82, 2.24) is 20.0 Å². The van der Waals surface area contributed by atoms with Crippen LogP contribution in [0.5, 0.6) is 0 Å². The molecule has 0 spiro atoms. The van der Waals surface area contributed by atoms with Crippen LogP contribution < -0.4 is 11.3 Å². The first-order valence-corrected chi connectivity index (χ1v) is 6.06. The first-order valence-electron chi connectivity index (χ1n) is 6.06. The molecule has 0 saturated carbocycles. The number of pyridine rings is 1. The molecular weight excluding hydrogens is 238 g/mol. The second-order valence-corrected chi connectivity index (χ2v) is 4.51. The van der Waals surface area contributed by atoms with E-state index in [0.717, 1.165) is 22.0 Å². The molecule has 96 valence electrons. The number of nitrogens with one attached hydrogen (secondary N) is 1. The van der Waals surface area contributed by atoms with Crippen LogP contribution >= 0.6 is 0 Å². The second-order valence-electron chi connectivity index (χ2n) is 4.51. The number of nitrogens with two attached hydrogens (primary N) is 1. The Balaban J connectivity index is 2.16. The molecule has 1 atom stereocenters. The van der Waals surface area contributed by atoms with Crippen molar-refractivity contribution < 1.29 is 0 Å². The van der Waals surface area contributed by atoms with Crippen LogP contribution in [0.2, 0.25) is 0 Å². The number of rotatable bonds is 3. The normalized spacial score (nSPS) is 12.7. The Hall–Kier alpha value is -2.24. The maximum absolute atomic E-state index is 5.71. The average molecular weight is 253 g/mol. The summed E-state index contributed by atoms with van der Waals surface area (Å²) in [5.41, 5.74) is 4.73. The van der Waals surface area contributed by atoms with Crippen LogP contribution in [-0.4, -0.2) is 14.5 Å². The van der Waals surface area contributed by atoms with Gasteiger partial charge < -0.3 is 4.57 Å². The molecule has 0 aliphatic heterocycles. The summed E-state index contributed by atoms with van der Waals surface area (Å²) in [6.45, 7) is 0. The van der Waals surface area contributed by atoms with E-state index in [1.807, 2.05) is 48.4 Å².